The van der Waals surface area contributed by atoms with E-state index >= 15 is 0 Å². The predicted octanol–water partition coefficient (Wildman–Crippen LogP) is 3.71. The van der Waals surface area contributed by atoms with Gasteiger partial charge in [-0.1, -0.05) is 12.1 Å². The van der Waals surface area contributed by atoms with Gasteiger partial charge in [-0.3, -0.25) is 0 Å². The molecule has 0 N–H and O–H groups in total. The molecule has 0 radical (unpaired) electrons. The standard InChI is InChI=1S/C12H8BrFO2/c13-12-11-10(6-16-12)9(5-15-11)7-1-3-8(14)4-2-7/h1-4,6,9H,5H2. The molecule has 0 aliphatic carbocycles. The Hall–Kier alpha value is -1.29. The number of halogens is 2. The van der Waals surface area contributed by atoms with Gasteiger partial charge in [-0.25, -0.2) is 4.39 Å². The van der Waals surface area contributed by atoms with Crippen molar-refractivity contribution in [1.29, 1.82) is 0 Å². The highest BCUT2D eigenvalue weighted by Gasteiger charge is 2.30. The second-order valence-electron chi connectivity index (χ2n) is 3.71. The first kappa shape index (κ1) is 9.90. The molecular weight excluding hydrogens is 275 g/mol. The van der Waals surface area contributed by atoms with Crippen molar-refractivity contribution in [2.75, 3.05) is 6.61 Å². The summed E-state index contributed by atoms with van der Waals surface area (Å²) in [6, 6.07) is 6.48. The van der Waals surface area contributed by atoms with Crippen LogP contribution in [0.5, 0.6) is 5.75 Å². The molecule has 0 bridgehead atoms. The van der Waals surface area contributed by atoms with Crippen LogP contribution in [0.2, 0.25) is 0 Å². The molecule has 4 heteroatoms. The van der Waals surface area contributed by atoms with Crippen LogP contribution in [-0.4, -0.2) is 6.61 Å². The van der Waals surface area contributed by atoms with Gasteiger partial charge in [0.15, 0.2) is 5.75 Å². The van der Waals surface area contributed by atoms with E-state index in [9.17, 15) is 4.39 Å². The second kappa shape index (κ2) is 3.63. The van der Waals surface area contributed by atoms with Gasteiger partial charge in [-0.15, -0.1) is 0 Å². The number of fused-ring (bicyclic) bond motifs is 1. The fourth-order valence-electron chi connectivity index (χ4n) is 1.94. The summed E-state index contributed by atoms with van der Waals surface area (Å²) >= 11 is 3.28. The van der Waals surface area contributed by atoms with E-state index in [0.29, 0.717) is 11.3 Å². The van der Waals surface area contributed by atoms with Crippen LogP contribution in [0.15, 0.2) is 39.6 Å². The average Bonchev–Trinajstić information content (AvgIpc) is 2.84. The molecule has 16 heavy (non-hydrogen) atoms. The van der Waals surface area contributed by atoms with Crippen molar-refractivity contribution in [2.45, 2.75) is 5.92 Å². The summed E-state index contributed by atoms with van der Waals surface area (Å²) in [5.74, 6) is 0.663. The lowest BCUT2D eigenvalue weighted by molar-refractivity contribution is 0.327. The highest BCUT2D eigenvalue weighted by atomic mass is 79.9. The molecule has 2 aromatic rings. The Kier molecular flexibility index (Phi) is 2.24. The smallest absolute Gasteiger partial charge is 0.211 e. The lowest BCUT2D eigenvalue weighted by Crippen LogP contribution is -2.02. The maximum absolute atomic E-state index is 12.8. The largest absolute Gasteiger partial charge is 0.488 e. The fraction of sp³-hybridized carbons (Fsp3) is 0.167. The van der Waals surface area contributed by atoms with Crippen LogP contribution < -0.4 is 4.74 Å². The van der Waals surface area contributed by atoms with Crippen LogP contribution in [0.25, 0.3) is 0 Å². The zero-order chi connectivity index (χ0) is 11.1. The van der Waals surface area contributed by atoms with Gasteiger partial charge in [-0.2, -0.15) is 0 Å². The van der Waals surface area contributed by atoms with Crippen molar-refractivity contribution in [3.8, 4) is 5.75 Å². The maximum Gasteiger partial charge on any atom is 0.211 e. The monoisotopic (exact) mass is 282 g/mol. The van der Waals surface area contributed by atoms with E-state index in [0.717, 1.165) is 16.9 Å². The van der Waals surface area contributed by atoms with Crippen molar-refractivity contribution in [2.24, 2.45) is 0 Å². The third-order valence-corrected chi connectivity index (χ3v) is 3.32. The van der Waals surface area contributed by atoms with E-state index in [1.54, 1.807) is 18.4 Å². The Labute approximate surface area is 100 Å². The zero-order valence-corrected chi connectivity index (χ0v) is 9.83. The molecule has 1 aliphatic heterocycles. The molecule has 0 spiro atoms. The summed E-state index contributed by atoms with van der Waals surface area (Å²) in [7, 11) is 0. The molecule has 0 amide bonds. The molecule has 1 atom stereocenters. The predicted molar refractivity (Wildman–Crippen MR) is 60.1 cm³/mol. The van der Waals surface area contributed by atoms with Crippen molar-refractivity contribution < 1.29 is 13.5 Å². The Morgan fingerprint density at radius 2 is 2.00 bits per heavy atom. The number of benzene rings is 1. The molecule has 1 aromatic carbocycles. The van der Waals surface area contributed by atoms with Gasteiger partial charge >= 0.3 is 0 Å². The SMILES string of the molecule is Fc1ccc(C2COc3c2coc3Br)cc1. The maximum atomic E-state index is 12.8. The van der Waals surface area contributed by atoms with Crippen molar-refractivity contribution >= 4 is 15.9 Å². The second-order valence-corrected chi connectivity index (χ2v) is 4.43. The van der Waals surface area contributed by atoms with Crippen LogP contribution >= 0.6 is 15.9 Å². The summed E-state index contributed by atoms with van der Waals surface area (Å²) in [6.45, 7) is 0.575. The van der Waals surface area contributed by atoms with Crippen molar-refractivity contribution in [3.05, 3.63) is 52.1 Å². The van der Waals surface area contributed by atoms with Crippen molar-refractivity contribution in [1.82, 2.24) is 0 Å². The Bertz CT molecular complexity index is 518. The minimum Gasteiger partial charge on any atom is -0.488 e. The summed E-state index contributed by atoms with van der Waals surface area (Å²) in [6.07, 6.45) is 1.68. The summed E-state index contributed by atoms with van der Waals surface area (Å²) in [4.78, 5) is 0. The molecule has 1 aliphatic rings. The van der Waals surface area contributed by atoms with E-state index in [2.05, 4.69) is 15.9 Å². The molecular formula is C12H8BrFO2. The fourth-order valence-corrected chi connectivity index (χ4v) is 2.38. The van der Waals surface area contributed by atoms with Crippen LogP contribution in [0.4, 0.5) is 4.39 Å². The minimum absolute atomic E-state index is 0.130. The molecule has 0 saturated heterocycles. The van der Waals surface area contributed by atoms with Gasteiger partial charge in [0.1, 0.15) is 5.82 Å². The van der Waals surface area contributed by atoms with E-state index < -0.39 is 0 Å². The van der Waals surface area contributed by atoms with E-state index in [4.69, 9.17) is 9.15 Å². The summed E-state index contributed by atoms with van der Waals surface area (Å²) in [5, 5.41) is 0. The number of furan rings is 1. The Morgan fingerprint density at radius 3 is 2.75 bits per heavy atom. The van der Waals surface area contributed by atoms with E-state index in [1.807, 2.05) is 0 Å². The molecule has 2 heterocycles. The molecule has 2 nitrogen and oxygen atoms in total. The molecule has 3 rings (SSSR count). The van der Waals surface area contributed by atoms with Gasteiger partial charge in [-0.05, 0) is 33.6 Å². The number of hydrogen-bond donors (Lipinski definition) is 0. The van der Waals surface area contributed by atoms with Crippen molar-refractivity contribution in [3.63, 3.8) is 0 Å². The van der Waals surface area contributed by atoms with Crippen LogP contribution in [0.1, 0.15) is 17.0 Å². The topological polar surface area (TPSA) is 22.4 Å². The quantitative estimate of drug-likeness (QED) is 0.796. The molecule has 1 aromatic heterocycles. The normalized spacial score (nSPS) is 18.2. The zero-order valence-electron chi connectivity index (χ0n) is 8.24. The molecule has 1 unspecified atom stereocenters. The Balaban J connectivity index is 2.01. The van der Waals surface area contributed by atoms with Crippen LogP contribution in [-0.2, 0) is 0 Å². The average molecular weight is 283 g/mol. The number of ether oxygens (including phenoxy) is 1. The van der Waals surface area contributed by atoms with E-state index in [-0.39, 0.29) is 11.7 Å². The lowest BCUT2D eigenvalue weighted by atomic mass is 9.95. The van der Waals surface area contributed by atoms with Gasteiger partial charge in [0.25, 0.3) is 0 Å². The third kappa shape index (κ3) is 1.45. The summed E-state index contributed by atoms with van der Waals surface area (Å²) in [5.41, 5.74) is 2.05. The molecule has 0 saturated carbocycles. The first-order valence-electron chi connectivity index (χ1n) is 4.91. The van der Waals surface area contributed by atoms with Gasteiger partial charge in [0.2, 0.25) is 4.67 Å². The summed E-state index contributed by atoms with van der Waals surface area (Å²) < 4.78 is 24.2. The molecule has 0 fully saturated rings. The molecule has 82 valence electrons. The lowest BCUT2D eigenvalue weighted by Gasteiger charge is -2.07. The van der Waals surface area contributed by atoms with E-state index in [1.165, 1.54) is 12.1 Å². The highest BCUT2D eigenvalue weighted by molar-refractivity contribution is 9.10. The van der Waals surface area contributed by atoms with Gasteiger partial charge in [0, 0.05) is 5.56 Å². The third-order valence-electron chi connectivity index (χ3n) is 2.77. The van der Waals surface area contributed by atoms with Gasteiger partial charge < -0.3 is 9.15 Å². The van der Waals surface area contributed by atoms with Gasteiger partial charge in [0.05, 0.1) is 18.8 Å². The number of rotatable bonds is 1. The first-order valence-corrected chi connectivity index (χ1v) is 5.70. The van der Waals surface area contributed by atoms with Crippen LogP contribution in [0, 0.1) is 5.82 Å². The minimum atomic E-state index is -0.226. The Morgan fingerprint density at radius 1 is 1.25 bits per heavy atom. The highest BCUT2D eigenvalue weighted by Crippen LogP contribution is 2.43. The van der Waals surface area contributed by atoms with Crippen LogP contribution in [0.3, 0.4) is 0 Å². The number of hydrogen-bond acceptors (Lipinski definition) is 2. The first-order chi connectivity index (χ1) is 7.75.